The molecule has 1 heterocycles. The lowest BCUT2D eigenvalue weighted by atomic mass is 10.2. The Morgan fingerprint density at radius 2 is 1.84 bits per heavy atom. The molecular formula is C15H11ClO2S. The molecule has 0 spiro atoms. The molecule has 2 aromatic carbocycles. The van der Waals surface area contributed by atoms with E-state index in [9.17, 15) is 0 Å². The van der Waals surface area contributed by atoms with Crippen LogP contribution < -0.4 is 4.74 Å². The van der Waals surface area contributed by atoms with E-state index in [1.54, 1.807) is 18.9 Å². The quantitative estimate of drug-likeness (QED) is 0.658. The summed E-state index contributed by atoms with van der Waals surface area (Å²) in [4.78, 5) is 1.09. The van der Waals surface area contributed by atoms with Gasteiger partial charge < -0.3 is 9.15 Å². The third kappa shape index (κ3) is 2.72. The van der Waals surface area contributed by atoms with Crippen molar-refractivity contribution in [2.24, 2.45) is 0 Å². The van der Waals surface area contributed by atoms with E-state index in [2.05, 4.69) is 0 Å². The van der Waals surface area contributed by atoms with Gasteiger partial charge in [0.25, 0.3) is 0 Å². The van der Waals surface area contributed by atoms with Gasteiger partial charge >= 0.3 is 0 Å². The third-order valence-corrected chi connectivity index (χ3v) is 3.90. The molecule has 0 N–H and O–H groups in total. The highest BCUT2D eigenvalue weighted by Gasteiger charge is 2.06. The summed E-state index contributed by atoms with van der Waals surface area (Å²) in [5.74, 6) is 0.796. The first-order valence-corrected chi connectivity index (χ1v) is 6.95. The Hall–Kier alpha value is -1.58. The number of fused-ring (bicyclic) bond motifs is 1. The lowest BCUT2D eigenvalue weighted by Gasteiger charge is -1.97. The summed E-state index contributed by atoms with van der Waals surface area (Å²) in [7, 11) is 1.65. The highest BCUT2D eigenvalue weighted by atomic mass is 35.5. The molecule has 4 heteroatoms. The third-order valence-electron chi connectivity index (χ3n) is 2.74. The van der Waals surface area contributed by atoms with E-state index in [1.807, 2.05) is 48.5 Å². The highest BCUT2D eigenvalue weighted by molar-refractivity contribution is 7.99. The van der Waals surface area contributed by atoms with E-state index < -0.39 is 0 Å². The van der Waals surface area contributed by atoms with Crippen LogP contribution in [0.15, 0.2) is 62.9 Å². The van der Waals surface area contributed by atoms with Crippen molar-refractivity contribution in [3.63, 3.8) is 0 Å². The van der Waals surface area contributed by atoms with Crippen LogP contribution in [0.2, 0.25) is 5.02 Å². The number of methoxy groups -OCH3 is 1. The molecular weight excluding hydrogens is 280 g/mol. The summed E-state index contributed by atoms with van der Waals surface area (Å²) in [6, 6.07) is 15.5. The van der Waals surface area contributed by atoms with Crippen LogP contribution in [0.1, 0.15) is 0 Å². The normalized spacial score (nSPS) is 10.8. The molecule has 0 unspecified atom stereocenters. The van der Waals surface area contributed by atoms with Crippen LogP contribution in [0.3, 0.4) is 0 Å². The molecule has 0 amide bonds. The first kappa shape index (κ1) is 12.5. The minimum atomic E-state index is 0.735. The Bertz CT molecular complexity index is 704. The van der Waals surface area contributed by atoms with Gasteiger partial charge in [0, 0.05) is 21.4 Å². The Morgan fingerprint density at radius 1 is 1.05 bits per heavy atom. The zero-order valence-electron chi connectivity index (χ0n) is 10.2. The van der Waals surface area contributed by atoms with E-state index in [0.717, 1.165) is 31.7 Å². The number of rotatable bonds is 3. The Balaban J connectivity index is 1.90. The van der Waals surface area contributed by atoms with Crippen molar-refractivity contribution in [3.8, 4) is 5.75 Å². The average Bonchev–Trinajstić information content (AvgIpc) is 2.82. The van der Waals surface area contributed by atoms with Gasteiger partial charge in [-0.15, -0.1) is 0 Å². The van der Waals surface area contributed by atoms with E-state index in [4.69, 9.17) is 20.8 Å². The summed E-state index contributed by atoms with van der Waals surface area (Å²) in [6.45, 7) is 0. The maximum atomic E-state index is 5.87. The molecule has 0 saturated heterocycles. The van der Waals surface area contributed by atoms with Gasteiger partial charge in [-0.3, -0.25) is 0 Å². The maximum Gasteiger partial charge on any atom is 0.166 e. The van der Waals surface area contributed by atoms with Gasteiger partial charge in [0.1, 0.15) is 11.3 Å². The van der Waals surface area contributed by atoms with Crippen LogP contribution in [-0.4, -0.2) is 7.11 Å². The largest absolute Gasteiger partial charge is 0.497 e. The molecule has 1 aromatic heterocycles. The Morgan fingerprint density at radius 3 is 2.58 bits per heavy atom. The van der Waals surface area contributed by atoms with Gasteiger partial charge in [-0.1, -0.05) is 23.4 Å². The van der Waals surface area contributed by atoms with Gasteiger partial charge in [-0.2, -0.15) is 0 Å². The van der Waals surface area contributed by atoms with Gasteiger partial charge in [0.05, 0.1) is 7.11 Å². The highest BCUT2D eigenvalue weighted by Crippen LogP contribution is 2.34. The molecule has 3 aromatic rings. The van der Waals surface area contributed by atoms with Crippen molar-refractivity contribution in [1.82, 2.24) is 0 Å². The Labute approximate surface area is 120 Å². The summed E-state index contributed by atoms with van der Waals surface area (Å²) >= 11 is 7.44. The predicted octanol–water partition coefficient (Wildman–Crippen LogP) is 5.25. The molecule has 0 saturated carbocycles. The van der Waals surface area contributed by atoms with Gasteiger partial charge in [-0.25, -0.2) is 0 Å². The number of halogens is 1. The Kier molecular flexibility index (Phi) is 3.40. The second-order valence-corrected chi connectivity index (χ2v) is 5.54. The van der Waals surface area contributed by atoms with E-state index in [1.165, 1.54) is 0 Å². The second kappa shape index (κ2) is 5.19. The van der Waals surface area contributed by atoms with Crippen LogP contribution in [0.5, 0.6) is 5.75 Å². The molecule has 0 bridgehead atoms. The van der Waals surface area contributed by atoms with Crippen molar-refractivity contribution in [3.05, 3.63) is 53.6 Å². The minimum absolute atomic E-state index is 0.735. The van der Waals surface area contributed by atoms with E-state index >= 15 is 0 Å². The first-order valence-electron chi connectivity index (χ1n) is 5.75. The fourth-order valence-electron chi connectivity index (χ4n) is 1.78. The fraction of sp³-hybridized carbons (Fsp3) is 0.0667. The molecule has 2 nitrogen and oxygen atoms in total. The van der Waals surface area contributed by atoms with Gasteiger partial charge in [0.2, 0.25) is 0 Å². The van der Waals surface area contributed by atoms with Crippen molar-refractivity contribution in [2.75, 3.05) is 7.11 Å². The average molecular weight is 291 g/mol. The zero-order valence-corrected chi connectivity index (χ0v) is 11.8. The first-order chi connectivity index (χ1) is 9.24. The molecule has 0 atom stereocenters. The van der Waals surface area contributed by atoms with Gasteiger partial charge in [0.15, 0.2) is 5.09 Å². The maximum absolute atomic E-state index is 5.87. The standard InChI is InChI=1S/C15H11ClO2S/c1-17-12-5-2-10-8-15(18-14(10)9-12)19-13-6-3-11(16)4-7-13/h2-9H,1H3. The van der Waals surface area contributed by atoms with Crippen LogP contribution in [-0.2, 0) is 0 Å². The van der Waals surface area contributed by atoms with Gasteiger partial charge in [-0.05, 0) is 42.5 Å². The number of ether oxygens (including phenoxy) is 1. The molecule has 0 aliphatic rings. The summed E-state index contributed by atoms with van der Waals surface area (Å²) in [5, 5.41) is 2.65. The topological polar surface area (TPSA) is 22.4 Å². The number of furan rings is 1. The molecule has 0 fully saturated rings. The van der Waals surface area contributed by atoms with Crippen LogP contribution in [0, 0.1) is 0 Å². The van der Waals surface area contributed by atoms with Crippen molar-refractivity contribution >= 4 is 34.3 Å². The summed E-state index contributed by atoms with van der Waals surface area (Å²) in [5.41, 5.74) is 0.829. The molecule has 19 heavy (non-hydrogen) atoms. The van der Waals surface area contributed by atoms with Crippen LogP contribution in [0.4, 0.5) is 0 Å². The van der Waals surface area contributed by atoms with Crippen molar-refractivity contribution < 1.29 is 9.15 Å². The van der Waals surface area contributed by atoms with Crippen molar-refractivity contribution in [2.45, 2.75) is 9.99 Å². The second-order valence-electron chi connectivity index (χ2n) is 4.03. The molecule has 3 rings (SSSR count). The summed E-state index contributed by atoms with van der Waals surface area (Å²) < 4.78 is 11.0. The zero-order chi connectivity index (χ0) is 13.2. The molecule has 0 radical (unpaired) electrons. The summed E-state index contributed by atoms with van der Waals surface area (Å²) in [6.07, 6.45) is 0. The lowest BCUT2D eigenvalue weighted by molar-refractivity contribution is 0.413. The molecule has 0 aliphatic heterocycles. The fourth-order valence-corrected chi connectivity index (χ4v) is 2.73. The predicted molar refractivity (Wildman–Crippen MR) is 78.3 cm³/mol. The van der Waals surface area contributed by atoms with Crippen molar-refractivity contribution in [1.29, 1.82) is 0 Å². The van der Waals surface area contributed by atoms with E-state index in [0.29, 0.717) is 0 Å². The monoisotopic (exact) mass is 290 g/mol. The number of benzene rings is 2. The SMILES string of the molecule is COc1ccc2cc(Sc3ccc(Cl)cc3)oc2c1. The van der Waals surface area contributed by atoms with Crippen LogP contribution >= 0.6 is 23.4 Å². The van der Waals surface area contributed by atoms with E-state index in [-0.39, 0.29) is 0 Å². The molecule has 0 aliphatic carbocycles. The van der Waals surface area contributed by atoms with Crippen LogP contribution in [0.25, 0.3) is 11.0 Å². The smallest absolute Gasteiger partial charge is 0.166 e. The molecule has 96 valence electrons. The number of hydrogen-bond acceptors (Lipinski definition) is 3. The minimum Gasteiger partial charge on any atom is -0.497 e. The number of hydrogen-bond donors (Lipinski definition) is 0. The lowest BCUT2D eigenvalue weighted by Crippen LogP contribution is -1.79.